The molecule has 3 aromatic heterocycles. The molecular formula is C21H19N7S. The summed E-state index contributed by atoms with van der Waals surface area (Å²) < 4.78 is 4.22. The molecule has 7 nitrogen and oxygen atoms in total. The molecule has 0 radical (unpaired) electrons. The van der Waals surface area contributed by atoms with Crippen LogP contribution >= 0.6 is 11.8 Å². The lowest BCUT2D eigenvalue weighted by Gasteiger charge is -2.08. The Balaban J connectivity index is 1.52. The predicted octanol–water partition coefficient (Wildman–Crippen LogP) is 3.64. The molecule has 0 saturated carbocycles. The van der Waals surface area contributed by atoms with E-state index in [1.165, 1.54) is 11.9 Å². The Hall–Kier alpha value is -3.39. The molecule has 2 aromatic carbocycles. The summed E-state index contributed by atoms with van der Waals surface area (Å²) in [7, 11) is 2.04. The topological polar surface area (TPSA) is 87.4 Å². The summed E-state index contributed by atoms with van der Waals surface area (Å²) in [6, 6.07) is 18.4. The molecule has 29 heavy (non-hydrogen) atoms. The van der Waals surface area contributed by atoms with Crippen LogP contribution in [-0.2, 0) is 19.3 Å². The fourth-order valence-corrected chi connectivity index (χ4v) is 4.39. The Morgan fingerprint density at radius 3 is 2.59 bits per heavy atom. The number of nitrogens with two attached hydrogens (primary N) is 1. The Morgan fingerprint density at radius 2 is 1.76 bits per heavy atom. The van der Waals surface area contributed by atoms with Crippen LogP contribution in [0, 0.1) is 0 Å². The summed E-state index contributed by atoms with van der Waals surface area (Å²) in [5, 5.41) is 0.850. The summed E-state index contributed by atoms with van der Waals surface area (Å²) in [5.41, 5.74) is 10.7. The van der Waals surface area contributed by atoms with Crippen LogP contribution in [0.2, 0.25) is 0 Å². The average molecular weight is 401 g/mol. The second kappa shape index (κ2) is 7.21. The highest BCUT2D eigenvalue weighted by Crippen LogP contribution is 2.29. The molecule has 5 aromatic rings. The number of hydrogen-bond donors (Lipinski definition) is 1. The van der Waals surface area contributed by atoms with Crippen molar-refractivity contribution in [2.45, 2.75) is 17.5 Å². The molecule has 0 bridgehead atoms. The standard InChI is InChI=1S/C21H19N7S/c1-27-16-10-6-5-9-15(16)25-17(27)12-29-21-26-18-19(22)23-13-24-20(18)28(21)11-14-7-3-2-4-8-14/h2-10,13H,11-12H2,1H3,(H2,22,23,24). The summed E-state index contributed by atoms with van der Waals surface area (Å²) >= 11 is 1.63. The molecule has 3 heterocycles. The van der Waals surface area contributed by atoms with E-state index in [0.717, 1.165) is 27.7 Å². The fourth-order valence-electron chi connectivity index (χ4n) is 3.41. The van der Waals surface area contributed by atoms with Crippen LogP contribution in [0.4, 0.5) is 5.82 Å². The molecule has 0 unspecified atom stereocenters. The van der Waals surface area contributed by atoms with E-state index in [1.807, 2.05) is 43.4 Å². The quantitative estimate of drug-likeness (QED) is 0.453. The molecule has 0 fully saturated rings. The molecule has 0 aliphatic rings. The molecule has 5 rings (SSSR count). The maximum absolute atomic E-state index is 6.06. The highest BCUT2D eigenvalue weighted by atomic mass is 32.2. The minimum atomic E-state index is 0.395. The number of nitrogen functional groups attached to an aromatic ring is 1. The van der Waals surface area contributed by atoms with E-state index >= 15 is 0 Å². The first-order valence-corrected chi connectivity index (χ1v) is 10.2. The van der Waals surface area contributed by atoms with Gasteiger partial charge in [0.15, 0.2) is 22.1 Å². The van der Waals surface area contributed by atoms with Crippen molar-refractivity contribution in [2.75, 3.05) is 5.73 Å². The smallest absolute Gasteiger partial charge is 0.171 e. The van der Waals surface area contributed by atoms with E-state index < -0.39 is 0 Å². The van der Waals surface area contributed by atoms with Crippen LogP contribution in [0.25, 0.3) is 22.2 Å². The Kier molecular flexibility index (Phi) is 4.40. The lowest BCUT2D eigenvalue weighted by Crippen LogP contribution is -2.04. The Labute approximate surface area is 171 Å². The van der Waals surface area contributed by atoms with Gasteiger partial charge in [0.25, 0.3) is 0 Å². The first-order valence-electron chi connectivity index (χ1n) is 9.24. The van der Waals surface area contributed by atoms with Crippen LogP contribution in [0.1, 0.15) is 11.4 Å². The monoisotopic (exact) mass is 401 g/mol. The number of aromatic nitrogens is 6. The van der Waals surface area contributed by atoms with Crippen molar-refractivity contribution in [3.8, 4) is 0 Å². The lowest BCUT2D eigenvalue weighted by molar-refractivity contribution is 0.722. The summed E-state index contributed by atoms with van der Waals surface area (Å²) in [5.74, 6) is 2.08. The molecule has 0 aliphatic heterocycles. The highest BCUT2D eigenvalue weighted by Gasteiger charge is 2.17. The molecule has 144 valence electrons. The SMILES string of the molecule is Cn1c(CSc2nc3c(N)ncnc3n2Cc2ccccc2)nc2ccccc21. The van der Waals surface area contributed by atoms with E-state index in [0.29, 0.717) is 23.6 Å². The van der Waals surface area contributed by atoms with Crippen molar-refractivity contribution < 1.29 is 0 Å². The summed E-state index contributed by atoms with van der Waals surface area (Å²) in [4.78, 5) is 18.0. The van der Waals surface area contributed by atoms with E-state index in [-0.39, 0.29) is 0 Å². The van der Waals surface area contributed by atoms with Gasteiger partial charge in [-0.1, -0.05) is 54.2 Å². The number of fused-ring (bicyclic) bond motifs is 2. The largest absolute Gasteiger partial charge is 0.382 e. The third-order valence-electron chi connectivity index (χ3n) is 4.92. The van der Waals surface area contributed by atoms with Gasteiger partial charge in [-0.3, -0.25) is 4.57 Å². The van der Waals surface area contributed by atoms with E-state index in [4.69, 9.17) is 15.7 Å². The Bertz CT molecular complexity index is 1310. The van der Waals surface area contributed by atoms with Crippen molar-refractivity contribution in [1.29, 1.82) is 0 Å². The maximum atomic E-state index is 6.06. The van der Waals surface area contributed by atoms with E-state index in [1.54, 1.807) is 11.8 Å². The van der Waals surface area contributed by atoms with Gasteiger partial charge in [0.05, 0.1) is 23.3 Å². The van der Waals surface area contributed by atoms with Gasteiger partial charge >= 0.3 is 0 Å². The zero-order chi connectivity index (χ0) is 19.8. The van der Waals surface area contributed by atoms with E-state index in [2.05, 4.69) is 37.3 Å². The van der Waals surface area contributed by atoms with Crippen molar-refractivity contribution in [3.05, 3.63) is 72.3 Å². The minimum Gasteiger partial charge on any atom is -0.382 e. The number of rotatable bonds is 5. The molecule has 0 amide bonds. The van der Waals surface area contributed by atoms with Crippen molar-refractivity contribution >= 4 is 39.8 Å². The van der Waals surface area contributed by atoms with Crippen LogP contribution in [0.5, 0.6) is 0 Å². The van der Waals surface area contributed by atoms with Gasteiger partial charge in [-0.25, -0.2) is 19.9 Å². The number of hydrogen-bond acceptors (Lipinski definition) is 6. The summed E-state index contributed by atoms with van der Waals surface area (Å²) in [6.45, 7) is 0.665. The van der Waals surface area contributed by atoms with Gasteiger partial charge in [-0.05, 0) is 17.7 Å². The number of anilines is 1. The second-order valence-electron chi connectivity index (χ2n) is 6.76. The van der Waals surface area contributed by atoms with Crippen LogP contribution in [0.15, 0.2) is 66.1 Å². The number of benzene rings is 2. The molecule has 0 aliphatic carbocycles. The maximum Gasteiger partial charge on any atom is 0.171 e. The van der Waals surface area contributed by atoms with Gasteiger partial charge in [0.2, 0.25) is 0 Å². The van der Waals surface area contributed by atoms with Crippen molar-refractivity contribution in [1.82, 2.24) is 29.1 Å². The van der Waals surface area contributed by atoms with E-state index in [9.17, 15) is 0 Å². The number of nitrogens with zero attached hydrogens (tertiary/aromatic N) is 6. The second-order valence-corrected chi connectivity index (χ2v) is 7.70. The van der Waals surface area contributed by atoms with Gasteiger partial charge in [-0.2, -0.15) is 0 Å². The fraction of sp³-hybridized carbons (Fsp3) is 0.143. The first-order chi connectivity index (χ1) is 14.2. The normalized spacial score (nSPS) is 11.5. The number of imidazole rings is 2. The lowest BCUT2D eigenvalue weighted by atomic mass is 10.2. The molecule has 0 spiro atoms. The zero-order valence-corrected chi connectivity index (χ0v) is 16.7. The molecule has 2 N–H and O–H groups in total. The molecular weight excluding hydrogens is 382 g/mol. The number of aryl methyl sites for hydroxylation is 1. The minimum absolute atomic E-state index is 0.395. The summed E-state index contributed by atoms with van der Waals surface area (Å²) in [6.07, 6.45) is 1.49. The highest BCUT2D eigenvalue weighted by molar-refractivity contribution is 7.98. The van der Waals surface area contributed by atoms with Crippen LogP contribution < -0.4 is 5.73 Å². The van der Waals surface area contributed by atoms with Gasteiger partial charge in [-0.15, -0.1) is 0 Å². The molecule has 0 atom stereocenters. The van der Waals surface area contributed by atoms with Gasteiger partial charge < -0.3 is 10.3 Å². The van der Waals surface area contributed by atoms with Gasteiger partial charge in [0, 0.05) is 7.05 Å². The van der Waals surface area contributed by atoms with Crippen molar-refractivity contribution in [3.63, 3.8) is 0 Å². The average Bonchev–Trinajstić information content (AvgIpc) is 3.26. The molecule has 8 heteroatoms. The Morgan fingerprint density at radius 1 is 0.966 bits per heavy atom. The van der Waals surface area contributed by atoms with Gasteiger partial charge in [0.1, 0.15) is 12.2 Å². The predicted molar refractivity (Wildman–Crippen MR) is 116 cm³/mol. The third-order valence-corrected chi connectivity index (χ3v) is 5.89. The van der Waals surface area contributed by atoms with Crippen molar-refractivity contribution in [2.24, 2.45) is 7.05 Å². The third kappa shape index (κ3) is 3.21. The van der Waals surface area contributed by atoms with Crippen LogP contribution in [-0.4, -0.2) is 29.1 Å². The van der Waals surface area contributed by atoms with Crippen LogP contribution in [0.3, 0.4) is 0 Å². The number of thioether (sulfide) groups is 1. The first kappa shape index (κ1) is 17.7. The molecule has 0 saturated heterocycles. The number of para-hydroxylation sites is 2. The zero-order valence-electron chi connectivity index (χ0n) is 15.9.